The minimum atomic E-state index is -0.552. The van der Waals surface area contributed by atoms with E-state index in [1.54, 1.807) is 12.4 Å². The molecule has 3 aromatic carbocycles. The van der Waals surface area contributed by atoms with E-state index < -0.39 is 6.10 Å². The average Bonchev–Trinajstić information content (AvgIpc) is 3.38. The summed E-state index contributed by atoms with van der Waals surface area (Å²) in [7, 11) is 0. The predicted octanol–water partition coefficient (Wildman–Crippen LogP) is 4.63. The SMILES string of the molecule is O=C(C[C@@H]1C[C@@H]2c3cc(NC(=O)Cc4ccncc4)ccc3O[C@@H]2[C@H](CO)O1)NCc1ccc(-c2ccccc2)cc1. The third kappa shape index (κ3) is 6.35. The first-order valence-electron chi connectivity index (χ1n) is 14.2. The molecule has 3 N–H and O–H groups in total. The fourth-order valence-corrected chi connectivity index (χ4v) is 5.78. The van der Waals surface area contributed by atoms with Gasteiger partial charge in [-0.05, 0) is 59.0 Å². The number of nitrogens with one attached hydrogen (secondary N) is 2. The lowest BCUT2D eigenvalue weighted by Crippen LogP contribution is -2.47. The van der Waals surface area contributed by atoms with Crippen molar-refractivity contribution >= 4 is 17.5 Å². The predicted molar refractivity (Wildman–Crippen MR) is 159 cm³/mol. The summed E-state index contributed by atoms with van der Waals surface area (Å²) in [5, 5.41) is 16.0. The Hall–Kier alpha value is -4.53. The van der Waals surface area contributed by atoms with E-state index in [-0.39, 0.29) is 49.4 Å². The number of aliphatic hydroxyl groups is 1. The molecule has 2 aliphatic heterocycles. The number of fused-ring (bicyclic) bond motifs is 3. The van der Waals surface area contributed by atoms with Crippen molar-refractivity contribution < 1.29 is 24.2 Å². The molecule has 0 radical (unpaired) electrons. The van der Waals surface area contributed by atoms with Gasteiger partial charge in [0.05, 0.1) is 25.6 Å². The van der Waals surface area contributed by atoms with Crippen molar-refractivity contribution in [3.05, 3.63) is 114 Å². The molecule has 0 bridgehead atoms. The summed E-state index contributed by atoms with van der Waals surface area (Å²) in [4.78, 5) is 29.5. The quantitative estimate of drug-likeness (QED) is 0.274. The van der Waals surface area contributed by atoms with Crippen LogP contribution < -0.4 is 15.4 Å². The maximum Gasteiger partial charge on any atom is 0.228 e. The highest BCUT2D eigenvalue weighted by Crippen LogP contribution is 2.47. The van der Waals surface area contributed by atoms with Gasteiger partial charge in [0, 0.05) is 36.1 Å². The molecule has 4 atom stereocenters. The number of hydrogen-bond donors (Lipinski definition) is 3. The molecule has 3 heterocycles. The molecule has 0 unspecified atom stereocenters. The highest BCUT2D eigenvalue weighted by atomic mass is 16.6. The number of rotatable bonds is 9. The van der Waals surface area contributed by atoms with Gasteiger partial charge in [-0.1, -0.05) is 54.6 Å². The topological polar surface area (TPSA) is 110 Å². The van der Waals surface area contributed by atoms with Gasteiger partial charge in [-0.25, -0.2) is 0 Å². The van der Waals surface area contributed by atoms with E-state index in [2.05, 4.69) is 39.9 Å². The molecule has 4 aromatic rings. The summed E-state index contributed by atoms with van der Waals surface area (Å²) in [6.07, 6.45) is 3.05. The molecule has 6 rings (SSSR count). The Morgan fingerprint density at radius 1 is 0.881 bits per heavy atom. The minimum Gasteiger partial charge on any atom is -0.487 e. The highest BCUT2D eigenvalue weighted by molar-refractivity contribution is 5.92. The first-order chi connectivity index (χ1) is 20.6. The number of pyridine rings is 1. The smallest absolute Gasteiger partial charge is 0.228 e. The van der Waals surface area contributed by atoms with Crippen molar-refractivity contribution in [1.82, 2.24) is 10.3 Å². The van der Waals surface area contributed by atoms with Crippen LogP contribution in [-0.4, -0.2) is 46.8 Å². The van der Waals surface area contributed by atoms with Crippen LogP contribution >= 0.6 is 0 Å². The lowest BCUT2D eigenvalue weighted by atomic mass is 9.84. The summed E-state index contributed by atoms with van der Waals surface area (Å²) < 4.78 is 12.3. The van der Waals surface area contributed by atoms with Crippen molar-refractivity contribution in [2.45, 2.75) is 50.0 Å². The number of aliphatic hydroxyl groups excluding tert-OH is 1. The third-order valence-corrected chi connectivity index (χ3v) is 7.86. The van der Waals surface area contributed by atoms with Gasteiger partial charge in [0.1, 0.15) is 18.0 Å². The van der Waals surface area contributed by atoms with Gasteiger partial charge >= 0.3 is 0 Å². The molecule has 2 aliphatic rings. The van der Waals surface area contributed by atoms with Gasteiger partial charge in [-0.15, -0.1) is 0 Å². The Balaban J connectivity index is 1.06. The molecule has 0 spiro atoms. The van der Waals surface area contributed by atoms with Crippen LogP contribution in [0.15, 0.2) is 97.3 Å². The number of aromatic nitrogens is 1. The first-order valence-corrected chi connectivity index (χ1v) is 14.2. The zero-order chi connectivity index (χ0) is 28.9. The van der Waals surface area contributed by atoms with Gasteiger partial charge in [0.15, 0.2) is 0 Å². The van der Waals surface area contributed by atoms with Gasteiger partial charge < -0.3 is 25.2 Å². The Morgan fingerprint density at radius 3 is 2.40 bits per heavy atom. The van der Waals surface area contributed by atoms with Crippen molar-refractivity contribution in [2.24, 2.45) is 0 Å². The van der Waals surface area contributed by atoms with E-state index >= 15 is 0 Å². The van der Waals surface area contributed by atoms with E-state index in [4.69, 9.17) is 9.47 Å². The summed E-state index contributed by atoms with van der Waals surface area (Å²) in [6.45, 7) is 0.209. The molecule has 8 heteroatoms. The van der Waals surface area contributed by atoms with Gasteiger partial charge in [-0.3, -0.25) is 14.6 Å². The van der Waals surface area contributed by atoms with Crippen LogP contribution in [0, 0.1) is 0 Å². The molecule has 2 amide bonds. The number of ether oxygens (including phenoxy) is 2. The fraction of sp³-hybridized carbons (Fsp3) is 0.265. The monoisotopic (exact) mass is 563 g/mol. The molecule has 8 nitrogen and oxygen atoms in total. The molecule has 1 aromatic heterocycles. The van der Waals surface area contributed by atoms with Crippen molar-refractivity contribution in [3.8, 4) is 16.9 Å². The van der Waals surface area contributed by atoms with Crippen LogP contribution in [0.25, 0.3) is 11.1 Å². The maximum atomic E-state index is 12.9. The molecular formula is C34H33N3O5. The molecule has 1 fully saturated rings. The third-order valence-electron chi connectivity index (χ3n) is 7.86. The minimum absolute atomic E-state index is 0.0636. The van der Waals surface area contributed by atoms with Crippen LogP contribution in [0.4, 0.5) is 5.69 Å². The van der Waals surface area contributed by atoms with E-state index in [0.29, 0.717) is 24.4 Å². The Bertz CT molecular complexity index is 1530. The van der Waals surface area contributed by atoms with E-state index in [9.17, 15) is 14.7 Å². The van der Waals surface area contributed by atoms with Crippen LogP contribution in [0.2, 0.25) is 0 Å². The Morgan fingerprint density at radius 2 is 1.64 bits per heavy atom. The van der Waals surface area contributed by atoms with Gasteiger partial charge in [0.2, 0.25) is 11.8 Å². The lowest BCUT2D eigenvalue weighted by molar-refractivity contribution is -0.142. The summed E-state index contributed by atoms with van der Waals surface area (Å²) in [6, 6.07) is 27.5. The zero-order valence-corrected chi connectivity index (χ0v) is 23.1. The van der Waals surface area contributed by atoms with Crippen molar-refractivity contribution in [3.63, 3.8) is 0 Å². The molecular weight excluding hydrogens is 530 g/mol. The second kappa shape index (κ2) is 12.5. The summed E-state index contributed by atoms with van der Waals surface area (Å²) in [5.74, 6) is 0.411. The number of nitrogens with zero attached hydrogens (tertiary/aromatic N) is 1. The molecule has 42 heavy (non-hydrogen) atoms. The molecule has 214 valence electrons. The average molecular weight is 564 g/mol. The number of carbonyl (C=O) groups excluding carboxylic acids is 2. The van der Waals surface area contributed by atoms with Crippen molar-refractivity contribution in [2.75, 3.05) is 11.9 Å². The number of benzene rings is 3. The zero-order valence-electron chi connectivity index (χ0n) is 23.1. The largest absolute Gasteiger partial charge is 0.487 e. The number of amides is 2. The summed E-state index contributed by atoms with van der Waals surface area (Å²) >= 11 is 0. The fourth-order valence-electron chi connectivity index (χ4n) is 5.78. The van der Waals surface area contributed by atoms with Crippen LogP contribution in [0.1, 0.15) is 35.4 Å². The number of hydrogen-bond acceptors (Lipinski definition) is 6. The first kappa shape index (κ1) is 27.6. The molecule has 0 saturated carbocycles. The Kier molecular flexibility index (Phi) is 8.26. The van der Waals surface area contributed by atoms with Gasteiger partial charge in [-0.2, -0.15) is 0 Å². The second-order valence-corrected chi connectivity index (χ2v) is 10.8. The number of anilines is 1. The second-order valence-electron chi connectivity index (χ2n) is 10.8. The van der Waals surface area contributed by atoms with E-state index in [1.807, 2.05) is 60.7 Å². The molecule has 1 saturated heterocycles. The lowest BCUT2D eigenvalue weighted by Gasteiger charge is -2.37. The van der Waals surface area contributed by atoms with E-state index in [1.165, 1.54) is 0 Å². The molecule has 0 aliphatic carbocycles. The normalized spacial score (nSPS) is 20.6. The maximum absolute atomic E-state index is 12.9. The summed E-state index contributed by atoms with van der Waals surface area (Å²) in [5.41, 5.74) is 5.80. The van der Waals surface area contributed by atoms with Crippen LogP contribution in [-0.2, 0) is 27.3 Å². The standard InChI is InChI=1S/C34H33N3O5/c38-21-31-34-29(28-17-26(10-11-30(28)42-34)37-33(40)16-22-12-14-35-15-13-22)18-27(41-31)19-32(39)36-20-23-6-8-25(9-7-23)24-4-2-1-3-5-24/h1-15,17,27,29,31,34,38H,16,18-21H2,(H,36,39)(H,37,40)/t27-,29+,31-,34-/m0/s1. The van der Waals surface area contributed by atoms with E-state index in [0.717, 1.165) is 27.8 Å². The van der Waals surface area contributed by atoms with Crippen LogP contribution in [0.3, 0.4) is 0 Å². The van der Waals surface area contributed by atoms with Crippen LogP contribution in [0.5, 0.6) is 5.75 Å². The highest BCUT2D eigenvalue weighted by Gasteiger charge is 2.46. The number of carbonyl (C=O) groups is 2. The Labute approximate surface area is 244 Å². The van der Waals surface area contributed by atoms with Gasteiger partial charge in [0.25, 0.3) is 0 Å². The van der Waals surface area contributed by atoms with Crippen molar-refractivity contribution in [1.29, 1.82) is 0 Å².